The summed E-state index contributed by atoms with van der Waals surface area (Å²) in [6.45, 7) is 6.57. The van der Waals surface area contributed by atoms with E-state index >= 15 is 26.3 Å². The van der Waals surface area contributed by atoms with Gasteiger partial charge in [0, 0.05) is 48.8 Å². The summed E-state index contributed by atoms with van der Waals surface area (Å²) in [5.74, 6) is -1.95. The Morgan fingerprint density at radius 2 is 1.59 bits per heavy atom. The van der Waals surface area contributed by atoms with Crippen LogP contribution in [-0.4, -0.2) is 54.7 Å². The molecule has 270 valence electrons. The molecule has 0 aromatic heterocycles. The van der Waals surface area contributed by atoms with Gasteiger partial charge in [0.05, 0.1) is 11.4 Å². The first-order chi connectivity index (χ1) is 23.9. The number of nitrogens with one attached hydrogen (secondary N) is 1. The molecule has 0 spiro atoms. The van der Waals surface area contributed by atoms with E-state index in [1.54, 1.807) is 25.1 Å². The van der Waals surface area contributed by atoms with Crippen LogP contribution in [0.1, 0.15) is 72.1 Å². The van der Waals surface area contributed by atoms with E-state index in [-0.39, 0.29) is 29.7 Å². The van der Waals surface area contributed by atoms with Gasteiger partial charge in [0.2, 0.25) is 5.91 Å². The number of hydrogen-bond donors (Lipinski definition) is 1. The van der Waals surface area contributed by atoms with Gasteiger partial charge in [-0.3, -0.25) is 19.6 Å². The normalized spacial score (nSPS) is 23.2. The van der Waals surface area contributed by atoms with Crippen LogP contribution in [0.4, 0.5) is 37.7 Å². The molecule has 2 aliphatic heterocycles. The summed E-state index contributed by atoms with van der Waals surface area (Å²) >= 11 is 0. The van der Waals surface area contributed by atoms with Crippen molar-refractivity contribution in [3.63, 3.8) is 0 Å². The molecular weight excluding hydrogens is 674 g/mol. The molecule has 3 unspecified atom stereocenters. The van der Waals surface area contributed by atoms with Crippen LogP contribution < -0.4 is 10.1 Å². The van der Waals surface area contributed by atoms with Gasteiger partial charge in [0.25, 0.3) is 5.91 Å². The summed E-state index contributed by atoms with van der Waals surface area (Å²) in [6, 6.07) is 12.9. The van der Waals surface area contributed by atoms with Crippen molar-refractivity contribution in [3.8, 4) is 11.5 Å². The highest BCUT2D eigenvalue weighted by atomic mass is 19.4. The van der Waals surface area contributed by atoms with Crippen LogP contribution in [-0.2, 0) is 10.2 Å². The van der Waals surface area contributed by atoms with Crippen molar-refractivity contribution >= 4 is 34.7 Å². The van der Waals surface area contributed by atoms with Gasteiger partial charge in [0.1, 0.15) is 17.3 Å². The maximum Gasteiger partial charge on any atom is 0.407 e. The predicted molar refractivity (Wildman–Crippen MR) is 182 cm³/mol. The van der Waals surface area contributed by atoms with Crippen LogP contribution in [0, 0.1) is 31.1 Å². The summed E-state index contributed by atoms with van der Waals surface area (Å²) < 4.78 is 99.3. The third-order valence-corrected chi connectivity index (χ3v) is 11.0. The number of ether oxygens (including phenoxy) is 1. The molecule has 1 saturated heterocycles. The van der Waals surface area contributed by atoms with Gasteiger partial charge >= 0.3 is 12.4 Å². The minimum absolute atomic E-state index is 0.0980. The molecule has 13 heteroatoms. The summed E-state index contributed by atoms with van der Waals surface area (Å²) in [6.07, 6.45) is -12.8. The summed E-state index contributed by atoms with van der Waals surface area (Å²) in [5, 5.41) is 2.66. The second kappa shape index (κ2) is 12.5. The van der Waals surface area contributed by atoms with Crippen LogP contribution >= 0.6 is 0 Å². The first kappa shape index (κ1) is 36.1. The number of hydrogen-bond acceptors (Lipinski definition) is 5. The number of benzene rings is 3. The van der Waals surface area contributed by atoms with Crippen LogP contribution in [0.3, 0.4) is 0 Å². The lowest BCUT2D eigenvalue weighted by Gasteiger charge is -2.53. The number of nitrogens with zero attached hydrogens (tertiary/aromatic N) is 3. The molecule has 7 nitrogen and oxygen atoms in total. The van der Waals surface area contributed by atoms with Crippen molar-refractivity contribution in [2.75, 3.05) is 19.4 Å². The maximum atomic E-state index is 15.6. The van der Waals surface area contributed by atoms with E-state index in [9.17, 15) is 9.59 Å². The Balaban J connectivity index is 1.47. The van der Waals surface area contributed by atoms with E-state index in [4.69, 9.17) is 4.74 Å². The second-order valence-electron chi connectivity index (χ2n) is 13.9. The predicted octanol–water partition coefficient (Wildman–Crippen LogP) is 9.48. The van der Waals surface area contributed by atoms with Gasteiger partial charge < -0.3 is 15.0 Å². The van der Waals surface area contributed by atoms with E-state index < -0.39 is 65.2 Å². The van der Waals surface area contributed by atoms with Crippen LogP contribution in [0.15, 0.2) is 64.6 Å². The molecule has 1 N–H and O–H groups in total. The molecular formula is C38H38F6N4O3. The molecule has 3 atom stereocenters. The SMILES string of the molecule is CCC1=Nc2ccc(Oc3ccc(C)c(C)c3)cc2NC(=O)c2cc(C(C(F)(F)F)(C(F)(F)F)C3(C)CCC4C(=NC)N(C)C(=O)C4C3)ccc21. The molecule has 1 aliphatic carbocycles. The van der Waals surface area contributed by atoms with E-state index in [1.807, 2.05) is 26.0 Å². The lowest BCUT2D eigenvalue weighted by molar-refractivity contribution is -0.340. The quantitative estimate of drug-likeness (QED) is 0.268. The summed E-state index contributed by atoms with van der Waals surface area (Å²) in [7, 11) is 2.87. The standard InChI is InChI=1S/C38H38F6N4O3/c1-7-29-25-12-9-22(17-27(25)33(49)47-31-18-24(11-13-30(31)46-29)51-23-10-8-20(2)21(3)16-23)36(37(39,40)41,38(42,43)44)35(4)15-14-26-28(19-35)34(50)48(6)32(26)45-5/h8-13,16-18,26,28H,7,14-15,19H2,1-6H3,(H,47,49). The van der Waals surface area contributed by atoms with E-state index in [0.717, 1.165) is 30.2 Å². The van der Waals surface area contributed by atoms with Crippen molar-refractivity contribution in [1.29, 1.82) is 0 Å². The van der Waals surface area contributed by atoms with Crippen LogP contribution in [0.2, 0.25) is 0 Å². The Bertz CT molecular complexity index is 1970. The molecule has 2 heterocycles. The zero-order valence-corrected chi connectivity index (χ0v) is 29.0. The average molecular weight is 713 g/mol. The highest BCUT2D eigenvalue weighted by molar-refractivity contribution is 6.17. The van der Waals surface area contributed by atoms with Crippen LogP contribution in [0.25, 0.3) is 0 Å². The number of halogens is 6. The van der Waals surface area contributed by atoms with Gasteiger partial charge in [0.15, 0.2) is 5.41 Å². The molecule has 3 aliphatic rings. The van der Waals surface area contributed by atoms with E-state index in [0.29, 0.717) is 34.8 Å². The van der Waals surface area contributed by atoms with Gasteiger partial charge in [-0.15, -0.1) is 0 Å². The number of rotatable bonds is 5. The van der Waals surface area contributed by atoms with Gasteiger partial charge in [-0.25, -0.2) is 0 Å². The monoisotopic (exact) mass is 712 g/mol. The third kappa shape index (κ3) is 5.68. The number of likely N-dealkylation sites (tertiary alicyclic amines) is 1. The Hall–Kier alpha value is -4.68. The fourth-order valence-corrected chi connectivity index (χ4v) is 8.33. The lowest BCUT2D eigenvalue weighted by Crippen LogP contribution is -2.65. The highest BCUT2D eigenvalue weighted by Crippen LogP contribution is 2.67. The zero-order chi connectivity index (χ0) is 37.3. The number of amides is 2. The number of amidine groups is 1. The minimum Gasteiger partial charge on any atom is -0.457 e. The van der Waals surface area contributed by atoms with Crippen molar-refractivity contribution < 1.29 is 40.7 Å². The number of carbonyl (C=O) groups excluding carboxylic acids is 2. The van der Waals surface area contributed by atoms with Crippen LogP contribution in [0.5, 0.6) is 11.5 Å². The van der Waals surface area contributed by atoms with E-state index in [2.05, 4.69) is 15.3 Å². The van der Waals surface area contributed by atoms with Gasteiger partial charge in [-0.2, -0.15) is 26.3 Å². The summed E-state index contributed by atoms with van der Waals surface area (Å²) in [5.41, 5.74) is -5.45. The van der Waals surface area contributed by atoms with Crippen molar-refractivity contribution in [2.24, 2.45) is 27.2 Å². The topological polar surface area (TPSA) is 83.4 Å². The van der Waals surface area contributed by atoms with E-state index in [1.165, 1.54) is 25.1 Å². The largest absolute Gasteiger partial charge is 0.457 e. The van der Waals surface area contributed by atoms with Crippen molar-refractivity contribution in [1.82, 2.24) is 4.90 Å². The molecule has 3 aromatic rings. The van der Waals surface area contributed by atoms with Crippen molar-refractivity contribution in [2.45, 2.75) is 71.1 Å². The number of alkyl halides is 6. The smallest absolute Gasteiger partial charge is 0.407 e. The first-order valence-corrected chi connectivity index (χ1v) is 16.7. The maximum absolute atomic E-state index is 15.6. The Morgan fingerprint density at radius 1 is 0.922 bits per heavy atom. The Morgan fingerprint density at radius 3 is 2.22 bits per heavy atom. The molecule has 2 amide bonds. The van der Waals surface area contributed by atoms with Gasteiger partial charge in [-0.05, 0) is 92.0 Å². The first-order valence-electron chi connectivity index (χ1n) is 16.7. The zero-order valence-electron chi connectivity index (χ0n) is 29.0. The minimum atomic E-state index is -5.86. The lowest BCUT2D eigenvalue weighted by atomic mass is 9.51. The molecule has 0 radical (unpaired) electrons. The molecule has 2 fully saturated rings. The number of anilines is 1. The summed E-state index contributed by atoms with van der Waals surface area (Å²) in [4.78, 5) is 37.1. The highest BCUT2D eigenvalue weighted by Gasteiger charge is 2.79. The number of carbonyl (C=O) groups is 2. The second-order valence-corrected chi connectivity index (χ2v) is 13.9. The fourth-order valence-electron chi connectivity index (χ4n) is 8.33. The molecule has 0 bridgehead atoms. The van der Waals surface area contributed by atoms with Gasteiger partial charge in [-0.1, -0.05) is 32.0 Å². The molecule has 1 saturated carbocycles. The number of aryl methyl sites for hydroxylation is 2. The third-order valence-electron chi connectivity index (χ3n) is 11.0. The fraction of sp³-hybridized carbons (Fsp3) is 0.421. The van der Waals surface area contributed by atoms with Crippen molar-refractivity contribution in [3.05, 3.63) is 82.4 Å². The molecule has 51 heavy (non-hydrogen) atoms. The Labute approximate surface area is 291 Å². The Kier molecular flexibility index (Phi) is 8.87. The number of aliphatic imine (C=N–C) groups is 2. The molecule has 6 rings (SSSR count). The number of fused-ring (bicyclic) bond motifs is 3. The average Bonchev–Trinajstić information content (AvgIpc) is 3.28. The molecule has 3 aromatic carbocycles.